The largest absolute Gasteiger partial charge is 0.338 e. The molecule has 5 heteroatoms. The lowest BCUT2D eigenvalue weighted by Gasteiger charge is -2.29. The third kappa shape index (κ3) is 3.47. The van der Waals surface area contributed by atoms with Crippen molar-refractivity contribution in [3.05, 3.63) is 0 Å². The lowest BCUT2D eigenvalue weighted by molar-refractivity contribution is -0.133. The molecule has 1 heterocycles. The van der Waals surface area contributed by atoms with Gasteiger partial charge in [0.05, 0.1) is 11.5 Å². The number of nitrogens with zero attached hydrogens (tertiary/aromatic N) is 1. The van der Waals surface area contributed by atoms with E-state index in [1.165, 1.54) is 0 Å². The van der Waals surface area contributed by atoms with Crippen LogP contribution in [0.5, 0.6) is 0 Å². The number of hydrogen-bond donors (Lipinski definition) is 0. The van der Waals surface area contributed by atoms with Crippen LogP contribution in [0.4, 0.5) is 0 Å². The van der Waals surface area contributed by atoms with Gasteiger partial charge in [0, 0.05) is 19.0 Å². The van der Waals surface area contributed by atoms with E-state index in [0.29, 0.717) is 25.3 Å². The number of rotatable bonds is 4. The van der Waals surface area contributed by atoms with Crippen molar-refractivity contribution in [1.29, 1.82) is 0 Å². The highest BCUT2D eigenvalue weighted by molar-refractivity contribution is 7.91. The fourth-order valence-corrected chi connectivity index (χ4v) is 3.80. The normalized spacial score (nSPS) is 23.6. The molecule has 0 aromatic rings. The Morgan fingerprint density at radius 1 is 1.44 bits per heavy atom. The van der Waals surface area contributed by atoms with Crippen molar-refractivity contribution in [3.8, 4) is 0 Å². The summed E-state index contributed by atoms with van der Waals surface area (Å²) in [7, 11) is -2.91. The molecule has 0 unspecified atom stereocenters. The maximum atomic E-state index is 11.8. The average molecular weight is 247 g/mol. The molecule has 1 amide bonds. The summed E-state index contributed by atoms with van der Waals surface area (Å²) in [6.45, 7) is 6.56. The van der Waals surface area contributed by atoms with E-state index in [0.717, 1.165) is 0 Å². The molecule has 1 fully saturated rings. The van der Waals surface area contributed by atoms with Crippen molar-refractivity contribution in [3.63, 3.8) is 0 Å². The first-order valence-corrected chi connectivity index (χ1v) is 7.67. The van der Waals surface area contributed by atoms with E-state index in [1.807, 2.05) is 20.8 Å². The van der Waals surface area contributed by atoms with Gasteiger partial charge in [0.1, 0.15) is 0 Å². The van der Waals surface area contributed by atoms with Crippen molar-refractivity contribution in [2.45, 2.75) is 39.7 Å². The Bertz CT molecular complexity index is 348. The molecular weight excluding hydrogens is 226 g/mol. The molecule has 0 aromatic heterocycles. The first-order chi connectivity index (χ1) is 7.35. The first-order valence-electron chi connectivity index (χ1n) is 5.85. The molecule has 0 aromatic carbocycles. The minimum Gasteiger partial charge on any atom is -0.338 e. The second-order valence-corrected chi connectivity index (χ2v) is 7.08. The fourth-order valence-electron chi connectivity index (χ4n) is 2.07. The van der Waals surface area contributed by atoms with E-state index < -0.39 is 9.84 Å². The van der Waals surface area contributed by atoms with Crippen LogP contribution in [-0.4, -0.2) is 43.3 Å². The summed E-state index contributed by atoms with van der Waals surface area (Å²) in [6, 6.07) is -0.0974. The van der Waals surface area contributed by atoms with Gasteiger partial charge in [-0.05, 0) is 12.3 Å². The molecule has 0 aliphatic carbocycles. The van der Waals surface area contributed by atoms with Gasteiger partial charge in [0.15, 0.2) is 9.84 Å². The Hall–Kier alpha value is -0.580. The molecule has 0 radical (unpaired) electrons. The standard InChI is InChI=1S/C11H21NO3S/c1-4-11(13)12(7-9(2)3)10-5-6-16(14,15)8-10/h9-10H,4-8H2,1-3H3/t10-/m0/s1. The molecule has 0 bridgehead atoms. The molecule has 16 heavy (non-hydrogen) atoms. The third-order valence-electron chi connectivity index (χ3n) is 2.83. The third-order valence-corrected chi connectivity index (χ3v) is 4.58. The number of carbonyl (C=O) groups excluding carboxylic acids is 1. The average Bonchev–Trinajstić information content (AvgIpc) is 2.53. The van der Waals surface area contributed by atoms with E-state index >= 15 is 0 Å². The summed E-state index contributed by atoms with van der Waals surface area (Å²) in [5.41, 5.74) is 0. The Morgan fingerprint density at radius 2 is 2.06 bits per heavy atom. The van der Waals surface area contributed by atoms with Crippen LogP contribution in [0.25, 0.3) is 0 Å². The number of carbonyl (C=O) groups is 1. The van der Waals surface area contributed by atoms with Gasteiger partial charge in [0.25, 0.3) is 0 Å². The summed E-state index contributed by atoms with van der Waals surface area (Å²) in [5.74, 6) is 0.809. The SMILES string of the molecule is CCC(=O)N(CC(C)C)[C@H]1CCS(=O)(=O)C1. The number of hydrogen-bond acceptors (Lipinski definition) is 3. The predicted molar refractivity (Wildman–Crippen MR) is 63.9 cm³/mol. The molecule has 0 saturated carbocycles. The highest BCUT2D eigenvalue weighted by Gasteiger charge is 2.34. The Balaban J connectivity index is 2.74. The van der Waals surface area contributed by atoms with Crippen LogP contribution in [0.15, 0.2) is 0 Å². The molecule has 4 nitrogen and oxygen atoms in total. The number of sulfone groups is 1. The topological polar surface area (TPSA) is 54.5 Å². The van der Waals surface area contributed by atoms with E-state index in [4.69, 9.17) is 0 Å². The van der Waals surface area contributed by atoms with Gasteiger partial charge >= 0.3 is 0 Å². The zero-order valence-corrected chi connectivity index (χ0v) is 11.1. The van der Waals surface area contributed by atoms with Crippen LogP contribution in [0.3, 0.4) is 0 Å². The summed E-state index contributed by atoms with van der Waals surface area (Å²) in [4.78, 5) is 13.5. The van der Waals surface area contributed by atoms with Crippen LogP contribution in [-0.2, 0) is 14.6 Å². The monoisotopic (exact) mass is 247 g/mol. The zero-order chi connectivity index (χ0) is 12.3. The molecule has 1 atom stereocenters. The zero-order valence-electron chi connectivity index (χ0n) is 10.3. The van der Waals surface area contributed by atoms with Crippen LogP contribution < -0.4 is 0 Å². The molecule has 1 aliphatic rings. The Kier molecular flexibility index (Phi) is 4.35. The molecule has 94 valence electrons. The molecule has 1 aliphatic heterocycles. The molecule has 1 saturated heterocycles. The van der Waals surface area contributed by atoms with Crippen molar-refractivity contribution < 1.29 is 13.2 Å². The maximum absolute atomic E-state index is 11.8. The predicted octanol–water partition coefficient (Wildman–Crippen LogP) is 1.07. The van der Waals surface area contributed by atoms with Gasteiger partial charge in [-0.1, -0.05) is 20.8 Å². The highest BCUT2D eigenvalue weighted by atomic mass is 32.2. The minimum absolute atomic E-state index is 0.0656. The van der Waals surface area contributed by atoms with Gasteiger partial charge in [-0.15, -0.1) is 0 Å². The first kappa shape index (κ1) is 13.5. The summed E-state index contributed by atoms with van der Waals surface area (Å²) in [5, 5.41) is 0. The van der Waals surface area contributed by atoms with E-state index in [9.17, 15) is 13.2 Å². The molecule has 0 N–H and O–H groups in total. The quantitative estimate of drug-likeness (QED) is 0.746. The van der Waals surface area contributed by atoms with E-state index in [1.54, 1.807) is 4.90 Å². The minimum atomic E-state index is -2.91. The highest BCUT2D eigenvalue weighted by Crippen LogP contribution is 2.19. The summed E-state index contributed by atoms with van der Waals surface area (Å²) >= 11 is 0. The molecular formula is C11H21NO3S. The molecule has 0 spiro atoms. The van der Waals surface area contributed by atoms with Crippen LogP contribution in [0.2, 0.25) is 0 Å². The lowest BCUT2D eigenvalue weighted by Crippen LogP contribution is -2.42. The Labute approximate surface area is 97.9 Å². The van der Waals surface area contributed by atoms with E-state index in [2.05, 4.69) is 0 Å². The van der Waals surface area contributed by atoms with Gasteiger partial charge < -0.3 is 4.90 Å². The Morgan fingerprint density at radius 3 is 2.44 bits per heavy atom. The van der Waals surface area contributed by atoms with Gasteiger partial charge in [-0.25, -0.2) is 8.42 Å². The maximum Gasteiger partial charge on any atom is 0.222 e. The van der Waals surface area contributed by atoms with Crippen LogP contribution >= 0.6 is 0 Å². The molecule has 1 rings (SSSR count). The summed E-state index contributed by atoms with van der Waals surface area (Å²) in [6.07, 6.45) is 1.05. The van der Waals surface area contributed by atoms with Crippen LogP contribution in [0.1, 0.15) is 33.6 Å². The summed E-state index contributed by atoms with van der Waals surface area (Å²) < 4.78 is 22.8. The lowest BCUT2D eigenvalue weighted by atomic mass is 10.1. The number of amides is 1. The smallest absolute Gasteiger partial charge is 0.222 e. The van der Waals surface area contributed by atoms with Crippen molar-refractivity contribution >= 4 is 15.7 Å². The van der Waals surface area contributed by atoms with Crippen molar-refractivity contribution in [2.75, 3.05) is 18.1 Å². The second-order valence-electron chi connectivity index (χ2n) is 4.85. The van der Waals surface area contributed by atoms with Gasteiger partial charge in [-0.3, -0.25) is 4.79 Å². The fraction of sp³-hybridized carbons (Fsp3) is 0.909. The van der Waals surface area contributed by atoms with Crippen LogP contribution in [0, 0.1) is 5.92 Å². The van der Waals surface area contributed by atoms with Gasteiger partial charge in [-0.2, -0.15) is 0 Å². The second kappa shape index (κ2) is 5.17. The van der Waals surface area contributed by atoms with Gasteiger partial charge in [0.2, 0.25) is 5.91 Å². The van der Waals surface area contributed by atoms with Crippen molar-refractivity contribution in [2.24, 2.45) is 5.92 Å². The van der Waals surface area contributed by atoms with E-state index in [-0.39, 0.29) is 23.5 Å². The van der Waals surface area contributed by atoms with Crippen molar-refractivity contribution in [1.82, 2.24) is 4.90 Å².